The fraction of sp³-hybridized carbons (Fsp3) is 0.278. The van der Waals surface area contributed by atoms with Gasteiger partial charge in [0.05, 0.1) is 0 Å². The number of hydrogen-bond donors (Lipinski definition) is 0. The SMILES string of the molecule is CC.CC.Cc1cnc(Cl)c(/C=C/c2ccccc2)c1. The molecule has 2 rings (SSSR count). The molecule has 0 radical (unpaired) electrons. The van der Waals surface area contributed by atoms with Gasteiger partial charge in [-0.15, -0.1) is 0 Å². The first-order chi connectivity index (χ1) is 9.75. The van der Waals surface area contributed by atoms with E-state index in [0.29, 0.717) is 5.15 Å². The topological polar surface area (TPSA) is 12.9 Å². The first kappa shape index (κ1) is 18.4. The Labute approximate surface area is 128 Å². The van der Waals surface area contributed by atoms with E-state index in [4.69, 9.17) is 11.6 Å². The van der Waals surface area contributed by atoms with Crippen molar-refractivity contribution in [1.82, 2.24) is 4.98 Å². The molecule has 0 unspecified atom stereocenters. The van der Waals surface area contributed by atoms with Crippen molar-refractivity contribution in [1.29, 1.82) is 0 Å². The molecule has 108 valence electrons. The van der Waals surface area contributed by atoms with Gasteiger partial charge in [-0.2, -0.15) is 0 Å². The molecule has 0 amide bonds. The van der Waals surface area contributed by atoms with Gasteiger partial charge in [0.25, 0.3) is 0 Å². The summed E-state index contributed by atoms with van der Waals surface area (Å²) in [4.78, 5) is 4.11. The van der Waals surface area contributed by atoms with Crippen LogP contribution in [-0.2, 0) is 0 Å². The molecule has 0 fully saturated rings. The van der Waals surface area contributed by atoms with Crippen LogP contribution in [0.4, 0.5) is 0 Å². The summed E-state index contributed by atoms with van der Waals surface area (Å²) in [5.74, 6) is 0. The Balaban J connectivity index is 0.000000829. The molecule has 2 aromatic rings. The Morgan fingerprint density at radius 3 is 2.15 bits per heavy atom. The molecule has 0 aliphatic carbocycles. The Morgan fingerprint density at radius 1 is 0.950 bits per heavy atom. The molecular weight excluding hydrogens is 266 g/mol. The Bertz CT molecular complexity index is 504. The van der Waals surface area contributed by atoms with Gasteiger partial charge >= 0.3 is 0 Å². The highest BCUT2D eigenvalue weighted by molar-refractivity contribution is 6.30. The second kappa shape index (κ2) is 11.2. The normalized spacial score (nSPS) is 9.30. The highest BCUT2D eigenvalue weighted by Gasteiger charge is 1.97. The van der Waals surface area contributed by atoms with Crippen LogP contribution in [0.25, 0.3) is 12.2 Å². The summed E-state index contributed by atoms with van der Waals surface area (Å²) in [6, 6.07) is 12.1. The molecule has 0 spiro atoms. The zero-order valence-electron chi connectivity index (χ0n) is 13.0. The number of nitrogens with zero attached hydrogens (tertiary/aromatic N) is 1. The molecule has 2 heteroatoms. The Morgan fingerprint density at radius 2 is 1.55 bits per heavy atom. The van der Waals surface area contributed by atoms with Crippen molar-refractivity contribution in [2.24, 2.45) is 0 Å². The highest BCUT2D eigenvalue weighted by Crippen LogP contribution is 2.17. The second-order valence-corrected chi connectivity index (χ2v) is 3.99. The zero-order valence-corrected chi connectivity index (χ0v) is 13.8. The van der Waals surface area contributed by atoms with Gasteiger partial charge in [-0.1, -0.05) is 81.8 Å². The van der Waals surface area contributed by atoms with Gasteiger partial charge in [-0.05, 0) is 24.1 Å². The molecule has 1 heterocycles. The van der Waals surface area contributed by atoms with Crippen LogP contribution in [0.1, 0.15) is 44.4 Å². The third-order valence-electron chi connectivity index (χ3n) is 2.26. The van der Waals surface area contributed by atoms with E-state index in [1.807, 2.05) is 83.2 Å². The first-order valence-corrected chi connectivity index (χ1v) is 7.49. The van der Waals surface area contributed by atoms with E-state index in [9.17, 15) is 0 Å². The molecule has 0 saturated carbocycles. The minimum Gasteiger partial charge on any atom is -0.244 e. The summed E-state index contributed by atoms with van der Waals surface area (Å²) < 4.78 is 0. The van der Waals surface area contributed by atoms with Crippen LogP contribution in [0.15, 0.2) is 42.6 Å². The van der Waals surface area contributed by atoms with Crippen molar-refractivity contribution >= 4 is 23.8 Å². The molecule has 0 aliphatic rings. The fourth-order valence-electron chi connectivity index (χ4n) is 1.44. The summed E-state index contributed by atoms with van der Waals surface area (Å²) >= 11 is 6.00. The van der Waals surface area contributed by atoms with Gasteiger partial charge in [-0.25, -0.2) is 4.98 Å². The van der Waals surface area contributed by atoms with Gasteiger partial charge in [0, 0.05) is 11.8 Å². The van der Waals surface area contributed by atoms with Crippen molar-refractivity contribution in [3.05, 3.63) is 64.4 Å². The van der Waals surface area contributed by atoms with Gasteiger partial charge < -0.3 is 0 Å². The van der Waals surface area contributed by atoms with E-state index in [-0.39, 0.29) is 0 Å². The number of hydrogen-bond acceptors (Lipinski definition) is 1. The van der Waals surface area contributed by atoms with Crippen LogP contribution in [0, 0.1) is 6.92 Å². The molecule has 0 bridgehead atoms. The standard InChI is InChI=1S/C14H12ClN.2C2H6/c1-11-9-13(14(15)16-10-11)8-7-12-5-3-2-4-6-12;2*1-2/h2-10H,1H3;2*1-2H3/b8-7+;;. The van der Waals surface area contributed by atoms with Crippen LogP contribution in [0.3, 0.4) is 0 Å². The minimum atomic E-state index is 0.540. The van der Waals surface area contributed by atoms with Crippen LogP contribution in [0.5, 0.6) is 0 Å². The van der Waals surface area contributed by atoms with Gasteiger partial charge in [0.1, 0.15) is 5.15 Å². The lowest BCUT2D eigenvalue weighted by atomic mass is 10.1. The number of halogens is 1. The number of aromatic nitrogens is 1. The summed E-state index contributed by atoms with van der Waals surface area (Å²) in [6.07, 6.45) is 5.78. The maximum atomic E-state index is 6.00. The third-order valence-corrected chi connectivity index (χ3v) is 2.57. The number of rotatable bonds is 2. The van der Waals surface area contributed by atoms with Crippen molar-refractivity contribution < 1.29 is 0 Å². The molecule has 0 saturated heterocycles. The van der Waals surface area contributed by atoms with E-state index in [1.165, 1.54) is 0 Å². The first-order valence-electron chi connectivity index (χ1n) is 7.11. The van der Waals surface area contributed by atoms with Crippen LogP contribution < -0.4 is 0 Å². The number of benzene rings is 1. The quantitative estimate of drug-likeness (QED) is 0.594. The largest absolute Gasteiger partial charge is 0.244 e. The highest BCUT2D eigenvalue weighted by atomic mass is 35.5. The lowest BCUT2D eigenvalue weighted by molar-refractivity contribution is 1.26. The van der Waals surface area contributed by atoms with Gasteiger partial charge in [0.15, 0.2) is 0 Å². The Hall–Kier alpha value is -1.60. The van der Waals surface area contributed by atoms with E-state index in [0.717, 1.165) is 16.7 Å². The second-order valence-electron chi connectivity index (χ2n) is 3.64. The van der Waals surface area contributed by atoms with Gasteiger partial charge in [-0.3, -0.25) is 0 Å². The molecule has 0 aliphatic heterocycles. The molecule has 1 nitrogen and oxygen atoms in total. The summed E-state index contributed by atoms with van der Waals surface area (Å²) in [7, 11) is 0. The van der Waals surface area contributed by atoms with Crippen molar-refractivity contribution in [3.8, 4) is 0 Å². The fourth-order valence-corrected chi connectivity index (χ4v) is 1.61. The number of aryl methyl sites for hydroxylation is 1. The van der Waals surface area contributed by atoms with Crippen LogP contribution in [0.2, 0.25) is 5.15 Å². The van der Waals surface area contributed by atoms with Crippen LogP contribution in [-0.4, -0.2) is 4.98 Å². The lowest BCUT2D eigenvalue weighted by Gasteiger charge is -1.99. The molecule has 0 N–H and O–H groups in total. The maximum absolute atomic E-state index is 6.00. The summed E-state index contributed by atoms with van der Waals surface area (Å²) in [5.41, 5.74) is 3.21. The predicted octanol–water partition coefficient (Wildman–Crippen LogP) is 6.27. The molecule has 20 heavy (non-hydrogen) atoms. The average molecular weight is 290 g/mol. The minimum absolute atomic E-state index is 0.540. The molecule has 0 atom stereocenters. The van der Waals surface area contributed by atoms with E-state index in [2.05, 4.69) is 4.98 Å². The van der Waals surface area contributed by atoms with E-state index in [1.54, 1.807) is 6.20 Å². The average Bonchev–Trinajstić information content (AvgIpc) is 2.53. The molecular formula is C18H24ClN. The van der Waals surface area contributed by atoms with E-state index >= 15 is 0 Å². The van der Waals surface area contributed by atoms with E-state index < -0.39 is 0 Å². The van der Waals surface area contributed by atoms with Crippen molar-refractivity contribution in [2.45, 2.75) is 34.6 Å². The lowest BCUT2D eigenvalue weighted by Crippen LogP contribution is -1.83. The smallest absolute Gasteiger partial charge is 0.136 e. The monoisotopic (exact) mass is 289 g/mol. The van der Waals surface area contributed by atoms with Crippen molar-refractivity contribution in [3.63, 3.8) is 0 Å². The third kappa shape index (κ3) is 6.53. The van der Waals surface area contributed by atoms with Crippen molar-refractivity contribution in [2.75, 3.05) is 0 Å². The Kier molecular flexibility index (Phi) is 10.3. The summed E-state index contributed by atoms with van der Waals surface area (Å²) in [6.45, 7) is 10.0. The maximum Gasteiger partial charge on any atom is 0.136 e. The summed E-state index contributed by atoms with van der Waals surface area (Å²) in [5, 5.41) is 0.540. The predicted molar refractivity (Wildman–Crippen MR) is 92.1 cm³/mol. The zero-order chi connectivity index (χ0) is 15.4. The van der Waals surface area contributed by atoms with Gasteiger partial charge in [0.2, 0.25) is 0 Å². The number of pyridine rings is 1. The molecule has 1 aromatic heterocycles. The van der Waals surface area contributed by atoms with Crippen LogP contribution >= 0.6 is 11.6 Å². The molecule has 1 aromatic carbocycles.